The Hall–Kier alpha value is -2.72. The maximum Gasteiger partial charge on any atom is 0.219 e. The summed E-state index contributed by atoms with van der Waals surface area (Å²) in [7, 11) is 0. The molecule has 0 aliphatic carbocycles. The van der Waals surface area contributed by atoms with E-state index in [-0.39, 0.29) is 11.9 Å². The number of para-hydroxylation sites is 1. The van der Waals surface area contributed by atoms with Gasteiger partial charge in [-0.2, -0.15) is 0 Å². The average Bonchev–Trinajstić information content (AvgIpc) is 3.26. The highest BCUT2D eigenvalue weighted by Gasteiger charge is 2.48. The zero-order valence-electron chi connectivity index (χ0n) is 17.1. The van der Waals surface area contributed by atoms with Gasteiger partial charge in [0.15, 0.2) is 0 Å². The van der Waals surface area contributed by atoms with Crippen molar-refractivity contribution in [2.75, 3.05) is 19.6 Å². The molecule has 1 aromatic heterocycles. The maximum atomic E-state index is 12.4. The Balaban J connectivity index is 1.42. The van der Waals surface area contributed by atoms with Gasteiger partial charge in [-0.15, -0.1) is 0 Å². The van der Waals surface area contributed by atoms with E-state index in [9.17, 15) is 4.79 Å². The van der Waals surface area contributed by atoms with E-state index < -0.39 is 0 Å². The molecule has 29 heavy (non-hydrogen) atoms. The molecule has 3 aromatic rings. The molecule has 0 N–H and O–H groups in total. The fraction of sp³-hybridized carbons (Fsp3) is 0.360. The summed E-state index contributed by atoms with van der Waals surface area (Å²) in [4.78, 5) is 21.6. The topological polar surface area (TPSA) is 36.4 Å². The minimum Gasteiger partial charge on any atom is -0.335 e. The number of aromatic nitrogens is 1. The quantitative estimate of drug-likeness (QED) is 0.678. The first-order valence-corrected chi connectivity index (χ1v) is 10.5. The summed E-state index contributed by atoms with van der Waals surface area (Å²) in [5.41, 5.74) is 4.99. The van der Waals surface area contributed by atoms with E-state index in [1.807, 2.05) is 12.3 Å². The van der Waals surface area contributed by atoms with Crippen LogP contribution in [0.4, 0.5) is 0 Å². The zero-order valence-corrected chi connectivity index (χ0v) is 17.1. The Morgan fingerprint density at radius 2 is 1.83 bits per heavy atom. The van der Waals surface area contributed by atoms with Crippen LogP contribution >= 0.6 is 0 Å². The lowest BCUT2D eigenvalue weighted by atomic mass is 9.87. The van der Waals surface area contributed by atoms with Gasteiger partial charge in [0.1, 0.15) is 0 Å². The molecule has 4 nitrogen and oxygen atoms in total. The van der Waals surface area contributed by atoms with Gasteiger partial charge in [-0.3, -0.25) is 14.7 Å². The Bertz CT molecular complexity index is 1060. The third-order valence-corrected chi connectivity index (χ3v) is 6.78. The van der Waals surface area contributed by atoms with Gasteiger partial charge in [0, 0.05) is 50.6 Å². The molecule has 2 aromatic carbocycles. The number of pyridine rings is 1. The highest BCUT2D eigenvalue weighted by atomic mass is 16.2. The standard InChI is InChI=1S/C25H27N3O/c1-17-7-3-4-8-21(17)25-23-16-27(14-20(23)15-28(25)18(2)29)13-19-11-12-26-24-10-6-5-9-22(19)24/h3-12,20,23,25H,13-16H2,1-2H3/t20-,23-,25-/m1/s1. The second kappa shape index (κ2) is 7.27. The van der Waals surface area contributed by atoms with E-state index in [0.717, 1.165) is 31.7 Å². The predicted molar refractivity (Wildman–Crippen MR) is 115 cm³/mol. The molecular formula is C25H27N3O. The number of hydrogen-bond donors (Lipinski definition) is 0. The molecule has 2 saturated heterocycles. The summed E-state index contributed by atoms with van der Waals surface area (Å²) < 4.78 is 0. The smallest absolute Gasteiger partial charge is 0.219 e. The monoisotopic (exact) mass is 385 g/mol. The van der Waals surface area contributed by atoms with Crippen LogP contribution in [0.3, 0.4) is 0 Å². The maximum absolute atomic E-state index is 12.4. The molecule has 0 saturated carbocycles. The molecule has 5 rings (SSSR count). The lowest BCUT2D eigenvalue weighted by molar-refractivity contribution is -0.130. The van der Waals surface area contributed by atoms with Crippen molar-refractivity contribution in [2.45, 2.75) is 26.4 Å². The largest absolute Gasteiger partial charge is 0.335 e. The molecule has 2 fully saturated rings. The van der Waals surface area contributed by atoms with Crippen LogP contribution in [0.2, 0.25) is 0 Å². The summed E-state index contributed by atoms with van der Waals surface area (Å²) >= 11 is 0. The fourth-order valence-corrected chi connectivity index (χ4v) is 5.44. The van der Waals surface area contributed by atoms with Crippen molar-refractivity contribution in [3.63, 3.8) is 0 Å². The molecule has 3 heterocycles. The number of hydrogen-bond acceptors (Lipinski definition) is 3. The van der Waals surface area contributed by atoms with Gasteiger partial charge in [0.2, 0.25) is 5.91 Å². The van der Waals surface area contributed by atoms with E-state index in [4.69, 9.17) is 0 Å². The van der Waals surface area contributed by atoms with Crippen LogP contribution in [0, 0.1) is 18.8 Å². The van der Waals surface area contributed by atoms with Gasteiger partial charge in [-0.1, -0.05) is 42.5 Å². The van der Waals surface area contributed by atoms with Crippen LogP contribution in [-0.4, -0.2) is 40.3 Å². The van der Waals surface area contributed by atoms with Gasteiger partial charge < -0.3 is 4.90 Å². The van der Waals surface area contributed by atoms with Crippen LogP contribution in [0.25, 0.3) is 10.9 Å². The minimum atomic E-state index is 0.192. The first-order chi connectivity index (χ1) is 14.1. The molecule has 0 unspecified atom stereocenters. The Labute approximate surface area is 172 Å². The van der Waals surface area contributed by atoms with E-state index >= 15 is 0 Å². The Morgan fingerprint density at radius 1 is 1.03 bits per heavy atom. The van der Waals surface area contributed by atoms with Crippen molar-refractivity contribution in [3.05, 3.63) is 77.5 Å². The van der Waals surface area contributed by atoms with Crippen molar-refractivity contribution in [3.8, 4) is 0 Å². The van der Waals surface area contributed by atoms with Gasteiger partial charge in [-0.05, 0) is 41.7 Å². The minimum absolute atomic E-state index is 0.192. The molecule has 2 aliphatic heterocycles. The normalized spacial score (nSPS) is 24.2. The molecule has 4 heteroatoms. The number of rotatable bonds is 3. The van der Waals surface area contributed by atoms with Gasteiger partial charge in [-0.25, -0.2) is 0 Å². The van der Waals surface area contributed by atoms with Gasteiger partial charge in [0.05, 0.1) is 11.6 Å². The van der Waals surface area contributed by atoms with Gasteiger partial charge in [0.25, 0.3) is 0 Å². The van der Waals surface area contributed by atoms with E-state index in [1.165, 1.54) is 22.1 Å². The third-order valence-electron chi connectivity index (χ3n) is 6.78. The van der Waals surface area contributed by atoms with Crippen molar-refractivity contribution >= 4 is 16.8 Å². The van der Waals surface area contributed by atoms with E-state index in [1.54, 1.807) is 6.92 Å². The molecule has 2 aliphatic rings. The highest BCUT2D eigenvalue weighted by molar-refractivity contribution is 5.81. The number of benzene rings is 2. The van der Waals surface area contributed by atoms with E-state index in [2.05, 4.69) is 70.2 Å². The molecule has 3 atom stereocenters. The van der Waals surface area contributed by atoms with Crippen LogP contribution < -0.4 is 0 Å². The van der Waals surface area contributed by atoms with Crippen LogP contribution in [0.5, 0.6) is 0 Å². The molecule has 148 valence electrons. The number of amides is 1. The lowest BCUT2D eigenvalue weighted by Crippen LogP contribution is -2.34. The van der Waals surface area contributed by atoms with Crippen LogP contribution in [-0.2, 0) is 11.3 Å². The number of carbonyl (C=O) groups is 1. The second-order valence-corrected chi connectivity index (χ2v) is 8.58. The lowest BCUT2D eigenvalue weighted by Gasteiger charge is -2.30. The summed E-state index contributed by atoms with van der Waals surface area (Å²) in [5.74, 6) is 1.23. The average molecular weight is 386 g/mol. The Kier molecular flexibility index (Phi) is 4.59. The number of carbonyl (C=O) groups excluding carboxylic acids is 1. The molecular weight excluding hydrogens is 358 g/mol. The number of nitrogens with zero attached hydrogens (tertiary/aromatic N) is 3. The summed E-state index contributed by atoms with van der Waals surface area (Å²) in [6.07, 6.45) is 1.92. The van der Waals surface area contributed by atoms with Crippen molar-refractivity contribution in [1.29, 1.82) is 0 Å². The van der Waals surface area contributed by atoms with Crippen molar-refractivity contribution in [1.82, 2.24) is 14.8 Å². The zero-order chi connectivity index (χ0) is 20.0. The molecule has 0 bridgehead atoms. The Morgan fingerprint density at radius 3 is 2.66 bits per heavy atom. The predicted octanol–water partition coefficient (Wildman–Crippen LogP) is 4.19. The second-order valence-electron chi connectivity index (χ2n) is 8.58. The summed E-state index contributed by atoms with van der Waals surface area (Å²) in [5, 5.41) is 1.24. The summed E-state index contributed by atoms with van der Waals surface area (Å²) in [6, 6.07) is 19.3. The molecule has 0 spiro atoms. The first-order valence-electron chi connectivity index (χ1n) is 10.5. The molecule has 1 amide bonds. The van der Waals surface area contributed by atoms with Gasteiger partial charge >= 0.3 is 0 Å². The summed E-state index contributed by atoms with van der Waals surface area (Å²) in [6.45, 7) is 7.77. The van der Waals surface area contributed by atoms with Crippen LogP contribution in [0.1, 0.15) is 29.7 Å². The highest BCUT2D eigenvalue weighted by Crippen LogP contribution is 2.46. The SMILES string of the molecule is CC(=O)N1C[C@H]2CN(Cc3ccnc4ccccc34)C[C@H]2[C@H]1c1ccccc1C. The molecule has 0 radical (unpaired) electrons. The first kappa shape index (κ1) is 18.3. The van der Waals surface area contributed by atoms with Crippen molar-refractivity contribution in [2.24, 2.45) is 11.8 Å². The number of likely N-dealkylation sites (tertiary alicyclic amines) is 2. The third kappa shape index (κ3) is 3.22. The van der Waals surface area contributed by atoms with E-state index in [0.29, 0.717) is 11.8 Å². The number of fused-ring (bicyclic) bond motifs is 2. The van der Waals surface area contributed by atoms with Crippen LogP contribution in [0.15, 0.2) is 60.8 Å². The number of aryl methyl sites for hydroxylation is 1. The fourth-order valence-electron chi connectivity index (χ4n) is 5.44. The van der Waals surface area contributed by atoms with Crippen molar-refractivity contribution < 1.29 is 4.79 Å².